The maximum Gasteiger partial charge on any atom is 0.306 e. The highest BCUT2D eigenvalue weighted by molar-refractivity contribution is 5.70. The van der Waals surface area contributed by atoms with Crippen LogP contribution in [-0.2, 0) is 19.1 Å². The Bertz CT molecular complexity index is 1910. The lowest BCUT2D eigenvalue weighted by atomic mass is 10.0. The van der Waals surface area contributed by atoms with Gasteiger partial charge in [-0.3, -0.25) is 9.59 Å². The van der Waals surface area contributed by atoms with Gasteiger partial charge >= 0.3 is 11.9 Å². The summed E-state index contributed by atoms with van der Waals surface area (Å²) < 4.78 is 10.7. The third kappa shape index (κ3) is 73.7. The highest BCUT2D eigenvalue weighted by atomic mass is 16.6. The van der Waals surface area contributed by atoms with E-state index in [0.717, 1.165) is 116 Å². The molecule has 0 bridgehead atoms. The Kier molecular flexibility index (Phi) is 72.4. The highest BCUT2D eigenvalue weighted by Gasteiger charge is 2.16. The van der Waals surface area contributed by atoms with Gasteiger partial charge in [0.05, 0.1) is 6.61 Å². The fourth-order valence-electron chi connectivity index (χ4n) is 10.0. The molecule has 0 aliphatic heterocycles. The largest absolute Gasteiger partial charge is 0.462 e. The molecule has 1 atom stereocenters. The molecule has 1 unspecified atom stereocenters. The number of carbonyl (C=O) groups is 2. The zero-order valence-electron chi connectivity index (χ0n) is 57.2. The minimum absolute atomic E-state index is 0.0909. The van der Waals surface area contributed by atoms with Gasteiger partial charge in [-0.15, -0.1) is 0 Å². The van der Waals surface area contributed by atoms with Crippen LogP contribution in [0.1, 0.15) is 322 Å². The van der Waals surface area contributed by atoms with E-state index in [4.69, 9.17) is 9.47 Å². The molecule has 0 saturated heterocycles. The number of aliphatic hydroxyl groups excluding tert-OH is 1. The van der Waals surface area contributed by atoms with Gasteiger partial charge in [-0.05, 0) is 135 Å². The molecule has 0 saturated carbocycles. The van der Waals surface area contributed by atoms with Crippen molar-refractivity contribution in [3.8, 4) is 0 Å². The second-order valence-electron chi connectivity index (χ2n) is 23.9. The predicted octanol–water partition coefficient (Wildman–Crippen LogP) is 26.0. The molecule has 0 fully saturated rings. The van der Waals surface area contributed by atoms with Gasteiger partial charge in [0, 0.05) is 12.8 Å². The van der Waals surface area contributed by atoms with Crippen LogP contribution in [0.15, 0.2) is 170 Å². The number of rotatable bonds is 66. The zero-order valence-corrected chi connectivity index (χ0v) is 57.2. The van der Waals surface area contributed by atoms with Crippen molar-refractivity contribution < 1.29 is 24.2 Å². The van der Waals surface area contributed by atoms with Crippen molar-refractivity contribution in [2.45, 2.75) is 328 Å². The van der Waals surface area contributed by atoms with Crippen molar-refractivity contribution in [3.63, 3.8) is 0 Å². The molecule has 5 nitrogen and oxygen atoms in total. The lowest BCUT2D eigenvalue weighted by Crippen LogP contribution is -2.28. The van der Waals surface area contributed by atoms with Crippen LogP contribution in [0.25, 0.3) is 0 Å². The lowest BCUT2D eigenvalue weighted by molar-refractivity contribution is -0.161. The summed E-state index contributed by atoms with van der Waals surface area (Å²) in [6.45, 7) is 4.00. The fraction of sp³-hybridized carbons (Fsp3) is 0.639. The monoisotopic (exact) mass is 1210 g/mol. The van der Waals surface area contributed by atoms with Gasteiger partial charge in [0.1, 0.15) is 6.61 Å². The second kappa shape index (κ2) is 76.5. The van der Waals surface area contributed by atoms with Crippen LogP contribution in [0.4, 0.5) is 0 Å². The SMILES string of the molecule is CC/C=C\C/C=C\C/C=C\C/C=C\C/C=C\C/C=C\C/C=C\C/C=C\C/C=C\C/C=C\C/C=C\C/C=C\CCCCC(=O)OC(CO)COC(=O)CCCCCCCCCCCCCCCCCCCCCCCCC/C=C\C/C=C\CCCCCCC. The molecule has 5 heteroatoms. The summed E-state index contributed by atoms with van der Waals surface area (Å²) in [7, 11) is 0. The van der Waals surface area contributed by atoms with Crippen LogP contribution in [-0.4, -0.2) is 36.4 Å². The van der Waals surface area contributed by atoms with Crippen molar-refractivity contribution in [3.05, 3.63) is 170 Å². The third-order valence-corrected chi connectivity index (χ3v) is 15.5. The molecule has 498 valence electrons. The molecule has 0 aliphatic carbocycles. The van der Waals surface area contributed by atoms with E-state index in [0.29, 0.717) is 19.3 Å². The minimum atomic E-state index is -0.808. The summed E-state index contributed by atoms with van der Waals surface area (Å²) in [6, 6.07) is 0. The van der Waals surface area contributed by atoms with Crippen molar-refractivity contribution in [2.75, 3.05) is 13.2 Å². The Morgan fingerprint density at radius 2 is 0.489 bits per heavy atom. The third-order valence-electron chi connectivity index (χ3n) is 15.5. The van der Waals surface area contributed by atoms with Gasteiger partial charge in [0.2, 0.25) is 0 Å². The number of carbonyl (C=O) groups excluding carboxylic acids is 2. The number of allylic oxidation sites excluding steroid dienone is 28. The minimum Gasteiger partial charge on any atom is -0.462 e. The highest BCUT2D eigenvalue weighted by Crippen LogP contribution is 2.17. The van der Waals surface area contributed by atoms with Gasteiger partial charge in [0.25, 0.3) is 0 Å². The molecule has 88 heavy (non-hydrogen) atoms. The average Bonchev–Trinajstić information content (AvgIpc) is 3.54. The number of aliphatic hydroxyl groups is 1. The number of hydrogen-bond acceptors (Lipinski definition) is 5. The van der Waals surface area contributed by atoms with Crippen LogP contribution in [0.3, 0.4) is 0 Å². The van der Waals surface area contributed by atoms with Crippen LogP contribution in [0.2, 0.25) is 0 Å². The Morgan fingerprint density at radius 1 is 0.273 bits per heavy atom. The standard InChI is InChI=1S/C83H136O5/c1-3-5-7-9-11-13-15-17-19-21-23-25-27-29-31-33-35-37-39-40-41-42-44-46-48-50-52-54-56-58-60-62-64-66-68-70-72-74-76-78-83(86)88-81(79-84)80-87-82(85)77-75-73-71-69-67-65-63-61-59-57-55-53-51-49-47-45-43-38-36-34-32-30-28-26-24-22-20-18-16-14-12-10-8-6-4-2/h5,7,11,13,16-19,22-25,29,31,35,37,40-41,44,46,50,52,56,58,62,64,68,70,81,84H,3-4,6,8-10,12,14-15,20-21,26-28,30,32-34,36,38-39,42-43,45,47-49,51,53-55,57,59-61,63,65-67,69,71-80H2,1-2H3/b7-5-,13-11-,18-16-,19-17-,24-22-,25-23-,31-29-,37-35-,41-40-,46-44-,52-50-,58-56-,64-62-,70-68-. The van der Waals surface area contributed by atoms with E-state index in [1.54, 1.807) is 0 Å². The predicted molar refractivity (Wildman–Crippen MR) is 389 cm³/mol. The molecule has 0 aromatic heterocycles. The van der Waals surface area contributed by atoms with E-state index in [9.17, 15) is 14.7 Å². The smallest absolute Gasteiger partial charge is 0.306 e. The number of hydrogen-bond donors (Lipinski definition) is 1. The topological polar surface area (TPSA) is 72.8 Å². The number of unbranched alkanes of at least 4 members (excludes halogenated alkanes) is 30. The molecule has 0 aliphatic rings. The summed E-state index contributed by atoms with van der Waals surface area (Å²) in [5.74, 6) is -0.642. The van der Waals surface area contributed by atoms with Crippen molar-refractivity contribution >= 4 is 11.9 Å². The Hall–Kier alpha value is -4.74. The molecule has 0 radical (unpaired) electrons. The first-order valence-electron chi connectivity index (χ1n) is 36.7. The molecule has 0 spiro atoms. The van der Waals surface area contributed by atoms with Crippen molar-refractivity contribution in [2.24, 2.45) is 0 Å². The van der Waals surface area contributed by atoms with Crippen LogP contribution >= 0.6 is 0 Å². The normalized spacial score (nSPS) is 13.3. The second-order valence-corrected chi connectivity index (χ2v) is 23.9. The quantitative estimate of drug-likeness (QED) is 0.0373. The van der Waals surface area contributed by atoms with Gasteiger partial charge in [0.15, 0.2) is 6.10 Å². The molecule has 0 heterocycles. The lowest BCUT2D eigenvalue weighted by Gasteiger charge is -2.15. The van der Waals surface area contributed by atoms with Gasteiger partial charge in [-0.2, -0.15) is 0 Å². The van der Waals surface area contributed by atoms with Gasteiger partial charge < -0.3 is 14.6 Å². The first kappa shape index (κ1) is 83.3. The molecular formula is C83H136O5. The number of ether oxygens (including phenoxy) is 2. The molecule has 1 N–H and O–H groups in total. The summed E-state index contributed by atoms with van der Waals surface area (Å²) in [6.07, 6.45) is 118. The van der Waals surface area contributed by atoms with E-state index in [2.05, 4.69) is 184 Å². The van der Waals surface area contributed by atoms with Crippen LogP contribution in [0, 0.1) is 0 Å². The maximum atomic E-state index is 12.4. The average molecular weight is 1210 g/mol. The van der Waals surface area contributed by atoms with Crippen LogP contribution < -0.4 is 0 Å². The summed E-state index contributed by atoms with van der Waals surface area (Å²) in [5, 5.41) is 9.70. The summed E-state index contributed by atoms with van der Waals surface area (Å²) in [4.78, 5) is 24.7. The van der Waals surface area contributed by atoms with E-state index in [-0.39, 0.29) is 25.2 Å². The Labute approximate surface area is 544 Å². The van der Waals surface area contributed by atoms with E-state index < -0.39 is 6.10 Å². The molecule has 0 amide bonds. The zero-order chi connectivity index (χ0) is 63.3. The van der Waals surface area contributed by atoms with E-state index >= 15 is 0 Å². The Morgan fingerprint density at radius 3 is 0.761 bits per heavy atom. The molecular weight excluding hydrogens is 1080 g/mol. The summed E-state index contributed by atoms with van der Waals surface area (Å²) >= 11 is 0. The molecule has 0 rings (SSSR count). The maximum absolute atomic E-state index is 12.4. The van der Waals surface area contributed by atoms with E-state index in [1.807, 2.05) is 0 Å². The van der Waals surface area contributed by atoms with Crippen LogP contribution in [0.5, 0.6) is 0 Å². The number of esters is 2. The first-order chi connectivity index (χ1) is 43.6. The van der Waals surface area contributed by atoms with E-state index in [1.165, 1.54) is 173 Å². The van der Waals surface area contributed by atoms with Gasteiger partial charge in [-0.1, -0.05) is 344 Å². The molecule has 0 aromatic rings. The summed E-state index contributed by atoms with van der Waals surface area (Å²) in [5.41, 5.74) is 0. The Balaban J connectivity index is 3.58. The first-order valence-corrected chi connectivity index (χ1v) is 36.7. The van der Waals surface area contributed by atoms with Crippen molar-refractivity contribution in [1.82, 2.24) is 0 Å². The van der Waals surface area contributed by atoms with Crippen molar-refractivity contribution in [1.29, 1.82) is 0 Å². The fourth-order valence-corrected chi connectivity index (χ4v) is 10.0. The van der Waals surface area contributed by atoms with Gasteiger partial charge in [-0.25, -0.2) is 0 Å². The molecule has 0 aromatic carbocycles.